The second-order valence-corrected chi connectivity index (χ2v) is 8.90. The van der Waals surface area contributed by atoms with E-state index in [2.05, 4.69) is 6.07 Å². The van der Waals surface area contributed by atoms with Gasteiger partial charge in [-0.05, 0) is 47.0 Å². The molecule has 1 radical (unpaired) electrons. The van der Waals surface area contributed by atoms with E-state index >= 15 is 0 Å². The number of hydrogen-bond acceptors (Lipinski definition) is 3. The maximum absolute atomic E-state index is 13.5. The van der Waals surface area contributed by atoms with Crippen LogP contribution in [0.15, 0.2) is 108 Å². The maximum atomic E-state index is 13.5. The van der Waals surface area contributed by atoms with Crippen molar-refractivity contribution in [3.63, 3.8) is 0 Å². The van der Waals surface area contributed by atoms with Gasteiger partial charge in [0.15, 0.2) is 0 Å². The van der Waals surface area contributed by atoms with Crippen LogP contribution in [0.3, 0.4) is 0 Å². The number of benzene rings is 4. The summed E-state index contributed by atoms with van der Waals surface area (Å²) in [5.74, 6) is 0. The number of halogens is 1. The van der Waals surface area contributed by atoms with Crippen LogP contribution in [0.2, 0.25) is 5.02 Å². The second kappa shape index (κ2) is 9.35. The number of para-hydroxylation sites is 1. The predicted octanol–water partition coefficient (Wildman–Crippen LogP) is 6.13. The summed E-state index contributed by atoms with van der Waals surface area (Å²) in [6.07, 6.45) is 0. The molecule has 4 rings (SSSR count). The van der Waals surface area contributed by atoms with Crippen LogP contribution < -0.4 is 4.47 Å². The number of nitrogens with zero attached hydrogens (tertiary/aromatic N) is 1. The molecule has 0 bridgehead atoms. The van der Waals surface area contributed by atoms with E-state index in [4.69, 9.17) is 16.4 Å². The van der Waals surface area contributed by atoms with Gasteiger partial charge in [0.25, 0.3) is 10.0 Å². The third-order valence-electron chi connectivity index (χ3n) is 4.63. The molecule has 0 aliphatic heterocycles. The van der Waals surface area contributed by atoms with Gasteiger partial charge in [-0.25, -0.2) is 0 Å². The van der Waals surface area contributed by atoms with Gasteiger partial charge in [-0.15, -0.1) is 4.47 Å². The minimum atomic E-state index is -4.03. The summed E-state index contributed by atoms with van der Waals surface area (Å²) in [7, 11) is -4.03. The summed E-state index contributed by atoms with van der Waals surface area (Å²) in [5, 5.41) is 0.273. The Morgan fingerprint density at radius 1 is 0.806 bits per heavy atom. The maximum Gasteiger partial charge on any atom is 0.286 e. The standard InChI is InChI=1S/C25H19ClNO3S/c26-24-13-7-8-14-25(24)27(30-19-20-9-3-1-4-10-20)31(28,29)23-17-15-22(16-18-23)21-11-5-2-6-12-21/h1-11,13-18H,19H2. The lowest BCUT2D eigenvalue weighted by Gasteiger charge is -2.24. The molecule has 155 valence electrons. The lowest BCUT2D eigenvalue weighted by Crippen LogP contribution is -2.31. The Balaban J connectivity index is 1.68. The summed E-state index contributed by atoms with van der Waals surface area (Å²) in [6, 6.07) is 33.3. The lowest BCUT2D eigenvalue weighted by molar-refractivity contribution is 0.135. The van der Waals surface area contributed by atoms with Crippen LogP contribution >= 0.6 is 11.6 Å². The van der Waals surface area contributed by atoms with E-state index in [-0.39, 0.29) is 22.2 Å². The smallest absolute Gasteiger partial charge is 0.254 e. The Labute approximate surface area is 187 Å². The van der Waals surface area contributed by atoms with Gasteiger partial charge < -0.3 is 0 Å². The van der Waals surface area contributed by atoms with Gasteiger partial charge >= 0.3 is 0 Å². The highest BCUT2D eigenvalue weighted by Gasteiger charge is 2.28. The minimum absolute atomic E-state index is 0.0718. The minimum Gasteiger partial charge on any atom is -0.254 e. The summed E-state index contributed by atoms with van der Waals surface area (Å²) in [6.45, 7) is 0.0718. The summed E-state index contributed by atoms with van der Waals surface area (Å²) < 4.78 is 27.9. The van der Waals surface area contributed by atoms with Gasteiger partial charge in [-0.3, -0.25) is 4.84 Å². The molecule has 4 nitrogen and oxygen atoms in total. The van der Waals surface area contributed by atoms with Gasteiger partial charge in [0.05, 0.1) is 9.92 Å². The fourth-order valence-electron chi connectivity index (χ4n) is 3.05. The third kappa shape index (κ3) is 4.80. The van der Waals surface area contributed by atoms with Crippen molar-refractivity contribution in [1.29, 1.82) is 0 Å². The van der Waals surface area contributed by atoms with Gasteiger partial charge in [0, 0.05) is 0 Å². The van der Waals surface area contributed by atoms with Crippen LogP contribution in [0.4, 0.5) is 5.69 Å². The first-order chi connectivity index (χ1) is 15.1. The first-order valence-electron chi connectivity index (χ1n) is 9.59. The number of hydrogen-bond donors (Lipinski definition) is 0. The van der Waals surface area contributed by atoms with Crippen molar-refractivity contribution in [3.05, 3.63) is 120 Å². The quantitative estimate of drug-likeness (QED) is 0.319. The van der Waals surface area contributed by atoms with Crippen molar-refractivity contribution < 1.29 is 13.3 Å². The molecule has 4 aromatic carbocycles. The van der Waals surface area contributed by atoms with E-state index in [1.807, 2.05) is 54.6 Å². The lowest BCUT2D eigenvalue weighted by atomic mass is 10.1. The Bertz CT molecular complexity index is 1240. The van der Waals surface area contributed by atoms with Gasteiger partial charge in [0.1, 0.15) is 12.3 Å². The highest BCUT2D eigenvalue weighted by molar-refractivity contribution is 7.92. The van der Waals surface area contributed by atoms with E-state index in [1.165, 1.54) is 0 Å². The van der Waals surface area contributed by atoms with Crippen molar-refractivity contribution >= 4 is 27.3 Å². The van der Waals surface area contributed by atoms with Crippen molar-refractivity contribution in [3.8, 4) is 11.1 Å². The molecule has 0 aliphatic rings. The first-order valence-corrected chi connectivity index (χ1v) is 11.4. The summed E-state index contributed by atoms with van der Waals surface area (Å²) in [4.78, 5) is 5.88. The zero-order valence-electron chi connectivity index (χ0n) is 16.5. The molecule has 0 aromatic heterocycles. The molecule has 0 spiro atoms. The zero-order valence-corrected chi connectivity index (χ0v) is 18.1. The van der Waals surface area contributed by atoms with Gasteiger partial charge in [-0.2, -0.15) is 8.42 Å². The van der Waals surface area contributed by atoms with Gasteiger partial charge in [-0.1, -0.05) is 90.5 Å². The molecule has 0 fully saturated rings. The van der Waals surface area contributed by atoms with Crippen molar-refractivity contribution in [1.82, 2.24) is 0 Å². The van der Waals surface area contributed by atoms with E-state index in [0.29, 0.717) is 0 Å². The molecule has 0 amide bonds. The molecule has 0 saturated carbocycles. The van der Waals surface area contributed by atoms with Crippen LogP contribution in [-0.4, -0.2) is 8.42 Å². The summed E-state index contributed by atoms with van der Waals surface area (Å²) in [5.41, 5.74) is 2.84. The molecule has 0 aliphatic carbocycles. The second-order valence-electron chi connectivity index (χ2n) is 6.74. The molecule has 6 heteroatoms. The average molecular weight is 449 g/mol. The van der Waals surface area contributed by atoms with E-state index in [9.17, 15) is 8.42 Å². The van der Waals surface area contributed by atoms with E-state index in [1.54, 1.807) is 48.5 Å². The Morgan fingerprint density at radius 3 is 2.16 bits per heavy atom. The predicted molar refractivity (Wildman–Crippen MR) is 123 cm³/mol. The Hall–Kier alpha value is -3.12. The highest BCUT2D eigenvalue weighted by atomic mass is 35.5. The van der Waals surface area contributed by atoms with Crippen LogP contribution in [-0.2, 0) is 21.5 Å². The molecule has 0 N–H and O–H groups in total. The number of anilines is 1. The molecule has 4 aromatic rings. The summed E-state index contributed by atoms with van der Waals surface area (Å²) >= 11 is 6.31. The molecule has 0 atom stereocenters. The third-order valence-corrected chi connectivity index (χ3v) is 6.56. The molecule has 0 saturated heterocycles. The van der Waals surface area contributed by atoms with Gasteiger partial charge in [0.2, 0.25) is 0 Å². The monoisotopic (exact) mass is 448 g/mol. The number of sulfonamides is 1. The Morgan fingerprint density at radius 2 is 1.48 bits per heavy atom. The largest absolute Gasteiger partial charge is 0.286 e. The van der Waals surface area contributed by atoms with Crippen LogP contribution in [0.25, 0.3) is 11.1 Å². The number of rotatable bonds is 7. The molecular formula is C25H19ClNO3S. The van der Waals surface area contributed by atoms with Crippen molar-refractivity contribution in [2.45, 2.75) is 11.5 Å². The van der Waals surface area contributed by atoms with E-state index < -0.39 is 10.0 Å². The van der Waals surface area contributed by atoms with E-state index in [0.717, 1.165) is 21.2 Å². The zero-order chi connectivity index (χ0) is 21.7. The average Bonchev–Trinajstić information content (AvgIpc) is 2.81. The van der Waals surface area contributed by atoms with Crippen molar-refractivity contribution in [2.24, 2.45) is 0 Å². The van der Waals surface area contributed by atoms with Crippen LogP contribution in [0.5, 0.6) is 0 Å². The first kappa shape index (κ1) is 21.1. The topological polar surface area (TPSA) is 46.6 Å². The normalized spacial score (nSPS) is 11.3. The fourth-order valence-corrected chi connectivity index (χ4v) is 4.59. The Kier molecular flexibility index (Phi) is 6.37. The molecule has 0 unspecified atom stereocenters. The van der Waals surface area contributed by atoms with Crippen LogP contribution in [0, 0.1) is 6.07 Å². The SMILES string of the molecule is O=S(=O)(c1ccc(-c2[c]cccc2)cc1)N(OCc1ccccc1)c1ccccc1Cl. The molecule has 0 heterocycles. The molecule has 31 heavy (non-hydrogen) atoms. The van der Waals surface area contributed by atoms with Crippen LogP contribution in [0.1, 0.15) is 5.56 Å². The van der Waals surface area contributed by atoms with Crippen molar-refractivity contribution in [2.75, 3.05) is 4.47 Å². The molecular weight excluding hydrogens is 430 g/mol. The highest BCUT2D eigenvalue weighted by Crippen LogP contribution is 2.32. The fraction of sp³-hybridized carbons (Fsp3) is 0.0400.